The van der Waals surface area contributed by atoms with Crippen molar-refractivity contribution in [3.05, 3.63) is 88.9 Å². The molecule has 35 heavy (non-hydrogen) atoms. The number of carbonyl (C=O) groups excluding carboxylic acids is 3. The Labute approximate surface area is 207 Å². The zero-order valence-electron chi connectivity index (χ0n) is 19.0. The maximum Gasteiger partial charge on any atom is 0.343 e. The first-order chi connectivity index (χ1) is 16.9. The quantitative estimate of drug-likeness (QED) is 0.111. The maximum absolute atomic E-state index is 12.3. The van der Waals surface area contributed by atoms with E-state index in [9.17, 15) is 14.4 Å². The monoisotopic (exact) mass is 493 g/mol. The van der Waals surface area contributed by atoms with Gasteiger partial charge in [-0.05, 0) is 84.8 Å². The first-order valence-electron chi connectivity index (χ1n) is 10.9. The number of carbonyl (C=O) groups is 3. The molecule has 9 heteroatoms. The fourth-order valence-corrected chi connectivity index (χ4v) is 2.87. The van der Waals surface area contributed by atoms with E-state index in [1.165, 1.54) is 6.21 Å². The van der Waals surface area contributed by atoms with Crippen LogP contribution in [0.4, 0.5) is 5.69 Å². The summed E-state index contributed by atoms with van der Waals surface area (Å²) < 4.78 is 11.0. The number of benzene rings is 3. The van der Waals surface area contributed by atoms with Crippen LogP contribution < -0.4 is 20.2 Å². The second-order valence-electron chi connectivity index (χ2n) is 7.35. The van der Waals surface area contributed by atoms with Crippen molar-refractivity contribution >= 4 is 41.3 Å². The lowest BCUT2D eigenvalue weighted by atomic mass is 10.2. The Kier molecular flexibility index (Phi) is 9.39. The highest BCUT2D eigenvalue weighted by Gasteiger charge is 2.13. The molecule has 8 nitrogen and oxygen atoms in total. The number of ether oxygens (including phenoxy) is 2. The van der Waals surface area contributed by atoms with E-state index in [-0.39, 0.29) is 0 Å². The van der Waals surface area contributed by atoms with Gasteiger partial charge in [-0.3, -0.25) is 9.59 Å². The molecule has 0 aliphatic carbocycles. The third-order valence-corrected chi connectivity index (χ3v) is 4.89. The molecule has 0 saturated carbocycles. The van der Waals surface area contributed by atoms with Gasteiger partial charge in [0.1, 0.15) is 11.5 Å². The largest absolute Gasteiger partial charge is 0.494 e. The van der Waals surface area contributed by atoms with Crippen LogP contribution in [-0.4, -0.2) is 30.6 Å². The lowest BCUT2D eigenvalue weighted by Gasteiger charge is -2.07. The summed E-state index contributed by atoms with van der Waals surface area (Å²) in [7, 11) is 0. The van der Waals surface area contributed by atoms with Gasteiger partial charge >= 0.3 is 17.8 Å². The zero-order chi connectivity index (χ0) is 25.0. The third kappa shape index (κ3) is 8.28. The molecule has 3 aromatic carbocycles. The Morgan fingerprint density at radius 3 is 2.20 bits per heavy atom. The molecule has 0 saturated heterocycles. The number of halogens is 1. The lowest BCUT2D eigenvalue weighted by Crippen LogP contribution is -2.32. The second-order valence-corrected chi connectivity index (χ2v) is 7.78. The Balaban J connectivity index is 1.46. The van der Waals surface area contributed by atoms with Crippen molar-refractivity contribution in [2.24, 2.45) is 5.10 Å². The molecule has 3 aromatic rings. The summed E-state index contributed by atoms with van der Waals surface area (Å²) in [6.45, 7) is 2.72. The second kappa shape index (κ2) is 12.9. The molecule has 0 aliphatic heterocycles. The van der Waals surface area contributed by atoms with Gasteiger partial charge in [-0.2, -0.15) is 5.10 Å². The van der Waals surface area contributed by atoms with Gasteiger partial charge in [0.05, 0.1) is 18.4 Å². The third-order valence-electron chi connectivity index (χ3n) is 4.64. The summed E-state index contributed by atoms with van der Waals surface area (Å²) in [5, 5.41) is 6.71. The molecule has 2 amide bonds. The predicted molar refractivity (Wildman–Crippen MR) is 134 cm³/mol. The number of hydrazone groups is 1. The van der Waals surface area contributed by atoms with E-state index in [1.807, 2.05) is 0 Å². The number of amides is 2. The number of hydrogen-bond acceptors (Lipinski definition) is 6. The molecule has 0 bridgehead atoms. The van der Waals surface area contributed by atoms with Gasteiger partial charge in [-0.1, -0.05) is 24.9 Å². The van der Waals surface area contributed by atoms with Gasteiger partial charge in [0.15, 0.2) is 0 Å². The van der Waals surface area contributed by atoms with Crippen LogP contribution in [0.25, 0.3) is 0 Å². The highest BCUT2D eigenvalue weighted by molar-refractivity contribution is 6.39. The molecule has 2 N–H and O–H groups in total. The molecule has 0 atom stereocenters. The summed E-state index contributed by atoms with van der Waals surface area (Å²) in [6.07, 6.45) is 3.37. The SMILES string of the molecule is CCCCOc1ccc(C(=O)Oc2ccc(/C=N\NC(=O)C(=O)Nc3ccc(Cl)cc3)cc2)cc1. The number of nitrogens with one attached hydrogen (secondary N) is 2. The molecule has 0 spiro atoms. The van der Waals surface area contributed by atoms with Gasteiger partial charge in [0.25, 0.3) is 0 Å². The summed E-state index contributed by atoms with van der Waals surface area (Å²) in [5.74, 6) is -1.24. The first kappa shape index (κ1) is 25.5. The molecule has 0 radical (unpaired) electrons. The summed E-state index contributed by atoms with van der Waals surface area (Å²) >= 11 is 5.78. The lowest BCUT2D eigenvalue weighted by molar-refractivity contribution is -0.136. The fraction of sp³-hybridized carbons (Fsp3) is 0.154. The molecule has 0 fully saturated rings. The molecule has 0 aliphatic rings. The molecule has 0 unspecified atom stereocenters. The predicted octanol–water partition coefficient (Wildman–Crippen LogP) is 4.83. The van der Waals surface area contributed by atoms with E-state index in [0.717, 1.165) is 12.8 Å². The van der Waals surface area contributed by atoms with E-state index >= 15 is 0 Å². The maximum atomic E-state index is 12.3. The van der Waals surface area contributed by atoms with Gasteiger partial charge in [-0.15, -0.1) is 0 Å². The van der Waals surface area contributed by atoms with Crippen molar-refractivity contribution in [3.8, 4) is 11.5 Å². The van der Waals surface area contributed by atoms with Crippen LogP contribution in [0.5, 0.6) is 11.5 Å². The fourth-order valence-electron chi connectivity index (χ4n) is 2.75. The van der Waals surface area contributed by atoms with Gasteiger partial charge in [0.2, 0.25) is 0 Å². The van der Waals surface area contributed by atoms with Crippen LogP contribution in [0, 0.1) is 0 Å². The minimum atomic E-state index is -0.927. The number of rotatable bonds is 9. The van der Waals surface area contributed by atoms with E-state index < -0.39 is 17.8 Å². The number of anilines is 1. The molecular formula is C26H24ClN3O5. The van der Waals surface area contributed by atoms with Gasteiger partial charge in [-0.25, -0.2) is 10.2 Å². The molecular weight excluding hydrogens is 470 g/mol. The minimum Gasteiger partial charge on any atom is -0.494 e. The smallest absolute Gasteiger partial charge is 0.343 e. The van der Waals surface area contributed by atoms with Gasteiger partial charge < -0.3 is 14.8 Å². The minimum absolute atomic E-state index is 0.349. The number of hydrogen-bond donors (Lipinski definition) is 2. The Hall–Kier alpha value is -4.17. The molecule has 0 heterocycles. The highest BCUT2D eigenvalue weighted by Crippen LogP contribution is 2.17. The number of unbranched alkanes of at least 4 members (excludes halogenated alkanes) is 1. The normalized spacial score (nSPS) is 10.6. The Morgan fingerprint density at radius 2 is 1.54 bits per heavy atom. The number of nitrogens with zero attached hydrogens (tertiary/aromatic N) is 1. The van der Waals surface area contributed by atoms with Crippen molar-refractivity contribution in [1.29, 1.82) is 0 Å². The van der Waals surface area contributed by atoms with Crippen LogP contribution in [-0.2, 0) is 9.59 Å². The van der Waals surface area contributed by atoms with Gasteiger partial charge in [0, 0.05) is 10.7 Å². The summed E-state index contributed by atoms with van der Waals surface area (Å²) in [6, 6.07) is 19.6. The van der Waals surface area contributed by atoms with Crippen molar-refractivity contribution in [1.82, 2.24) is 5.43 Å². The van der Waals surface area contributed by atoms with Crippen LogP contribution in [0.15, 0.2) is 77.9 Å². The van der Waals surface area contributed by atoms with Crippen LogP contribution in [0.2, 0.25) is 5.02 Å². The Bertz CT molecular complexity index is 1180. The van der Waals surface area contributed by atoms with E-state index in [4.69, 9.17) is 21.1 Å². The van der Waals surface area contributed by atoms with E-state index in [2.05, 4.69) is 22.8 Å². The number of esters is 1. The topological polar surface area (TPSA) is 106 Å². The van der Waals surface area contributed by atoms with E-state index in [1.54, 1.807) is 72.8 Å². The highest BCUT2D eigenvalue weighted by atomic mass is 35.5. The molecule has 180 valence electrons. The van der Waals surface area contributed by atoms with Crippen LogP contribution >= 0.6 is 11.6 Å². The first-order valence-corrected chi connectivity index (χ1v) is 11.3. The van der Waals surface area contributed by atoms with Crippen molar-refractivity contribution in [2.75, 3.05) is 11.9 Å². The Morgan fingerprint density at radius 1 is 0.886 bits per heavy atom. The molecule has 3 rings (SSSR count). The van der Waals surface area contributed by atoms with Crippen LogP contribution in [0.3, 0.4) is 0 Å². The van der Waals surface area contributed by atoms with Crippen molar-refractivity contribution in [2.45, 2.75) is 19.8 Å². The average molecular weight is 494 g/mol. The average Bonchev–Trinajstić information content (AvgIpc) is 2.87. The summed E-state index contributed by atoms with van der Waals surface area (Å²) in [5.41, 5.74) is 3.60. The van der Waals surface area contributed by atoms with Crippen molar-refractivity contribution in [3.63, 3.8) is 0 Å². The summed E-state index contributed by atoms with van der Waals surface area (Å²) in [4.78, 5) is 36.1. The van der Waals surface area contributed by atoms with E-state index in [0.29, 0.717) is 39.9 Å². The van der Waals surface area contributed by atoms with Crippen LogP contribution in [0.1, 0.15) is 35.7 Å². The molecule has 0 aromatic heterocycles. The van der Waals surface area contributed by atoms with Crippen molar-refractivity contribution < 1.29 is 23.9 Å². The zero-order valence-corrected chi connectivity index (χ0v) is 19.7. The standard InChI is InChI=1S/C26H24ClN3O5/c1-2-3-16-34-22-14-6-19(7-15-22)26(33)35-23-12-4-18(5-13-23)17-28-30-25(32)24(31)29-21-10-8-20(27)9-11-21/h4-15,17H,2-3,16H2,1H3,(H,29,31)(H,30,32)/b28-17-.